The first-order valence-corrected chi connectivity index (χ1v) is 6.40. The fourth-order valence-electron chi connectivity index (χ4n) is 1.86. The van der Waals surface area contributed by atoms with E-state index in [4.69, 9.17) is 16.3 Å². The third kappa shape index (κ3) is 4.99. The maximum atomic E-state index is 11.8. The van der Waals surface area contributed by atoms with Crippen LogP contribution in [0.15, 0.2) is 18.2 Å². The Kier molecular flexibility index (Phi) is 6.58. The van der Waals surface area contributed by atoms with Crippen molar-refractivity contribution >= 4 is 35.6 Å². The zero-order chi connectivity index (χ0) is 13.0. The molecule has 1 atom stereocenters. The predicted octanol–water partition coefficient (Wildman–Crippen LogP) is 2.39. The third-order valence-electron chi connectivity index (χ3n) is 2.89. The highest BCUT2D eigenvalue weighted by molar-refractivity contribution is 6.31. The minimum Gasteiger partial charge on any atom is -0.378 e. The van der Waals surface area contributed by atoms with Crippen LogP contribution in [0, 0.1) is 6.92 Å². The van der Waals surface area contributed by atoms with Gasteiger partial charge in [-0.25, -0.2) is 0 Å². The second-order valence-corrected chi connectivity index (χ2v) is 4.85. The van der Waals surface area contributed by atoms with Crippen molar-refractivity contribution in [3.8, 4) is 0 Å². The van der Waals surface area contributed by atoms with E-state index >= 15 is 0 Å². The summed E-state index contributed by atoms with van der Waals surface area (Å²) in [5, 5.41) is 6.74. The van der Waals surface area contributed by atoms with Crippen LogP contribution in [0.25, 0.3) is 0 Å². The second-order valence-electron chi connectivity index (χ2n) is 4.44. The van der Waals surface area contributed by atoms with Crippen molar-refractivity contribution in [1.82, 2.24) is 5.32 Å². The molecule has 6 heteroatoms. The zero-order valence-electron chi connectivity index (χ0n) is 10.7. The summed E-state index contributed by atoms with van der Waals surface area (Å²) in [5.74, 6) is -0.0297. The number of benzene rings is 1. The number of hydrogen-bond acceptors (Lipinski definition) is 3. The van der Waals surface area contributed by atoms with Gasteiger partial charge in [0, 0.05) is 29.7 Å². The first-order valence-electron chi connectivity index (χ1n) is 6.02. The van der Waals surface area contributed by atoms with Crippen LogP contribution < -0.4 is 10.6 Å². The Bertz CT molecular complexity index is 435. The summed E-state index contributed by atoms with van der Waals surface area (Å²) in [6.45, 7) is 4.03. The molecule has 106 valence electrons. The molecule has 1 aliphatic rings. The highest BCUT2D eigenvalue weighted by Gasteiger charge is 2.16. The lowest BCUT2D eigenvalue weighted by atomic mass is 10.2. The van der Waals surface area contributed by atoms with Gasteiger partial charge in [-0.05, 0) is 24.6 Å². The number of aryl methyl sites for hydroxylation is 1. The van der Waals surface area contributed by atoms with Crippen molar-refractivity contribution in [3.63, 3.8) is 0 Å². The molecule has 1 heterocycles. The molecule has 0 saturated carbocycles. The van der Waals surface area contributed by atoms with Crippen molar-refractivity contribution in [2.75, 3.05) is 25.1 Å². The fourth-order valence-corrected chi connectivity index (χ4v) is 2.04. The molecule has 0 radical (unpaired) electrons. The predicted molar refractivity (Wildman–Crippen MR) is 79.3 cm³/mol. The molecule has 1 aromatic rings. The summed E-state index contributed by atoms with van der Waals surface area (Å²) in [6, 6.07) is 5.60. The van der Waals surface area contributed by atoms with Crippen molar-refractivity contribution in [1.29, 1.82) is 0 Å². The first-order chi connectivity index (χ1) is 8.65. The van der Waals surface area contributed by atoms with Crippen LogP contribution in [0.4, 0.5) is 5.69 Å². The zero-order valence-corrected chi connectivity index (χ0v) is 12.3. The number of hydrogen-bond donors (Lipinski definition) is 2. The molecule has 1 fully saturated rings. The van der Waals surface area contributed by atoms with Gasteiger partial charge in [0.25, 0.3) is 0 Å². The average molecular weight is 305 g/mol. The molecule has 1 aliphatic heterocycles. The highest BCUT2D eigenvalue weighted by atomic mass is 35.5. The average Bonchev–Trinajstić information content (AvgIpc) is 2.35. The number of carbonyl (C=O) groups excluding carboxylic acids is 1. The number of amides is 1. The van der Waals surface area contributed by atoms with Gasteiger partial charge in [-0.2, -0.15) is 0 Å². The van der Waals surface area contributed by atoms with E-state index in [1.54, 1.807) is 6.07 Å². The molecule has 1 saturated heterocycles. The van der Waals surface area contributed by atoms with Gasteiger partial charge in [-0.1, -0.05) is 17.7 Å². The number of morpholine rings is 1. The largest absolute Gasteiger partial charge is 0.378 e. The summed E-state index contributed by atoms with van der Waals surface area (Å²) in [4.78, 5) is 11.8. The van der Waals surface area contributed by atoms with E-state index < -0.39 is 0 Å². The Labute approximate surface area is 124 Å². The summed E-state index contributed by atoms with van der Waals surface area (Å²) in [5.41, 5.74) is 1.73. The minimum atomic E-state index is -0.0297. The number of rotatable bonds is 3. The van der Waals surface area contributed by atoms with Crippen molar-refractivity contribution in [2.24, 2.45) is 0 Å². The van der Waals surface area contributed by atoms with E-state index in [1.165, 1.54) is 0 Å². The number of halogens is 2. The lowest BCUT2D eigenvalue weighted by molar-refractivity contribution is -0.117. The molecule has 0 aliphatic carbocycles. The van der Waals surface area contributed by atoms with Gasteiger partial charge in [0.1, 0.15) is 0 Å². The Morgan fingerprint density at radius 3 is 3.00 bits per heavy atom. The molecular weight excluding hydrogens is 287 g/mol. The van der Waals surface area contributed by atoms with Gasteiger partial charge >= 0.3 is 0 Å². The van der Waals surface area contributed by atoms with E-state index in [0.29, 0.717) is 24.7 Å². The van der Waals surface area contributed by atoms with Crippen LogP contribution in [0.1, 0.15) is 12.0 Å². The van der Waals surface area contributed by atoms with E-state index in [2.05, 4.69) is 10.6 Å². The van der Waals surface area contributed by atoms with E-state index in [0.717, 1.165) is 17.8 Å². The van der Waals surface area contributed by atoms with Crippen LogP contribution >= 0.6 is 24.0 Å². The molecule has 0 aromatic heterocycles. The van der Waals surface area contributed by atoms with Gasteiger partial charge in [0.05, 0.1) is 13.2 Å². The maximum absolute atomic E-state index is 11.8. The molecule has 2 rings (SSSR count). The molecule has 2 N–H and O–H groups in total. The summed E-state index contributed by atoms with van der Waals surface area (Å²) >= 11 is 6.01. The van der Waals surface area contributed by atoms with Gasteiger partial charge in [0.2, 0.25) is 5.91 Å². The molecule has 1 amide bonds. The molecule has 1 unspecified atom stereocenters. The minimum absolute atomic E-state index is 0. The third-order valence-corrected chi connectivity index (χ3v) is 3.29. The van der Waals surface area contributed by atoms with Crippen molar-refractivity contribution in [3.05, 3.63) is 28.8 Å². The molecule has 0 spiro atoms. The van der Waals surface area contributed by atoms with E-state index in [9.17, 15) is 4.79 Å². The van der Waals surface area contributed by atoms with Crippen LogP contribution in [0.2, 0.25) is 5.02 Å². The summed E-state index contributed by atoms with van der Waals surface area (Å²) in [7, 11) is 0. The van der Waals surface area contributed by atoms with Crippen LogP contribution in [-0.4, -0.2) is 31.7 Å². The van der Waals surface area contributed by atoms with Crippen LogP contribution in [0.5, 0.6) is 0 Å². The van der Waals surface area contributed by atoms with Gasteiger partial charge < -0.3 is 15.4 Å². The van der Waals surface area contributed by atoms with Gasteiger partial charge in [0.15, 0.2) is 0 Å². The molecule has 0 bridgehead atoms. The SMILES string of the molecule is Cc1ccc(NC(=O)CC2COCCN2)cc1Cl.Cl. The van der Waals surface area contributed by atoms with Crippen LogP contribution in [0.3, 0.4) is 0 Å². The normalized spacial score (nSPS) is 18.5. The van der Waals surface area contributed by atoms with Crippen molar-refractivity contribution < 1.29 is 9.53 Å². The fraction of sp³-hybridized carbons (Fsp3) is 0.462. The molecular formula is C13H18Cl2N2O2. The lowest BCUT2D eigenvalue weighted by Crippen LogP contribution is -2.43. The number of carbonyl (C=O) groups is 1. The van der Waals surface area contributed by atoms with Crippen LogP contribution in [-0.2, 0) is 9.53 Å². The maximum Gasteiger partial charge on any atom is 0.226 e. The van der Waals surface area contributed by atoms with E-state index in [-0.39, 0.29) is 24.4 Å². The Morgan fingerprint density at radius 2 is 2.37 bits per heavy atom. The van der Waals surface area contributed by atoms with E-state index in [1.807, 2.05) is 19.1 Å². The summed E-state index contributed by atoms with van der Waals surface area (Å²) in [6.07, 6.45) is 0.408. The number of ether oxygens (including phenoxy) is 1. The molecule has 1 aromatic carbocycles. The quantitative estimate of drug-likeness (QED) is 0.901. The highest BCUT2D eigenvalue weighted by Crippen LogP contribution is 2.20. The topological polar surface area (TPSA) is 50.4 Å². The second kappa shape index (κ2) is 7.70. The Morgan fingerprint density at radius 1 is 1.58 bits per heavy atom. The summed E-state index contributed by atoms with van der Waals surface area (Å²) < 4.78 is 5.30. The number of nitrogens with one attached hydrogen (secondary N) is 2. The number of anilines is 1. The molecule has 19 heavy (non-hydrogen) atoms. The van der Waals surface area contributed by atoms with Gasteiger partial charge in [-0.15, -0.1) is 12.4 Å². The smallest absolute Gasteiger partial charge is 0.226 e. The van der Waals surface area contributed by atoms with Crippen molar-refractivity contribution in [2.45, 2.75) is 19.4 Å². The molecule has 4 nitrogen and oxygen atoms in total. The Balaban J connectivity index is 0.00000180. The Hall–Kier alpha value is -0.810. The lowest BCUT2D eigenvalue weighted by Gasteiger charge is -2.23. The van der Waals surface area contributed by atoms with Gasteiger partial charge in [-0.3, -0.25) is 4.79 Å². The first kappa shape index (κ1) is 16.2. The standard InChI is InChI=1S/C13H17ClN2O2.ClH/c1-9-2-3-10(6-12(9)14)16-13(17)7-11-8-18-5-4-15-11;/h2-3,6,11,15H,4-5,7-8H2,1H3,(H,16,17);1H. The monoisotopic (exact) mass is 304 g/mol.